The number of carboxylic acid groups (broad SMARTS) is 1. The number of carbonyl (C=O) groups is 1. The number of aromatic carboxylic acids is 1. The average molecular weight is 277 g/mol. The third-order valence-corrected chi connectivity index (χ3v) is 4.25. The van der Waals surface area contributed by atoms with Gasteiger partial charge in [0, 0.05) is 15.5 Å². The first-order chi connectivity index (χ1) is 8.99. The highest BCUT2D eigenvalue weighted by molar-refractivity contribution is 8.00. The van der Waals surface area contributed by atoms with Crippen molar-refractivity contribution < 1.29 is 15.0 Å². The molecule has 1 aromatic heterocycles. The molecule has 0 spiro atoms. The summed E-state index contributed by atoms with van der Waals surface area (Å²) >= 11 is 1.46. The van der Waals surface area contributed by atoms with Crippen LogP contribution in [0.2, 0.25) is 0 Å². The molecule has 0 saturated carbocycles. The summed E-state index contributed by atoms with van der Waals surface area (Å²) in [6, 6.07) is 8.98. The van der Waals surface area contributed by atoms with Crippen LogP contribution in [0, 0.1) is 0 Å². The molecular formula is C14H15NO3S. The van der Waals surface area contributed by atoms with Crippen LogP contribution in [0.5, 0.6) is 0 Å². The molecule has 1 aromatic carbocycles. The van der Waals surface area contributed by atoms with Crippen LogP contribution in [-0.2, 0) is 0 Å². The molecule has 0 bridgehead atoms. The molecule has 0 amide bonds. The number of pyridine rings is 1. The van der Waals surface area contributed by atoms with E-state index >= 15 is 0 Å². The SMILES string of the molecule is CC(O)C(C)Sc1cc(C(=O)O)nc2ccccc12. The van der Waals surface area contributed by atoms with Crippen molar-refractivity contribution in [3.8, 4) is 0 Å². The van der Waals surface area contributed by atoms with E-state index in [1.807, 2.05) is 25.1 Å². The lowest BCUT2D eigenvalue weighted by molar-refractivity contribution is 0.0690. The van der Waals surface area contributed by atoms with Gasteiger partial charge in [-0.2, -0.15) is 0 Å². The largest absolute Gasteiger partial charge is 0.477 e. The molecule has 2 aromatic rings. The zero-order valence-electron chi connectivity index (χ0n) is 10.7. The molecule has 1 heterocycles. The van der Waals surface area contributed by atoms with Crippen molar-refractivity contribution in [2.75, 3.05) is 0 Å². The normalized spacial score (nSPS) is 14.3. The minimum Gasteiger partial charge on any atom is -0.477 e. The highest BCUT2D eigenvalue weighted by Crippen LogP contribution is 2.32. The summed E-state index contributed by atoms with van der Waals surface area (Å²) in [5.41, 5.74) is 0.682. The van der Waals surface area contributed by atoms with Gasteiger partial charge in [-0.15, -0.1) is 11.8 Å². The molecule has 5 heteroatoms. The molecule has 4 nitrogen and oxygen atoms in total. The van der Waals surface area contributed by atoms with E-state index in [4.69, 9.17) is 5.11 Å². The number of rotatable bonds is 4. The van der Waals surface area contributed by atoms with E-state index in [1.54, 1.807) is 19.1 Å². The fraction of sp³-hybridized carbons (Fsp3) is 0.286. The van der Waals surface area contributed by atoms with Crippen LogP contribution < -0.4 is 0 Å². The van der Waals surface area contributed by atoms with Gasteiger partial charge in [-0.25, -0.2) is 9.78 Å². The van der Waals surface area contributed by atoms with Crippen molar-refractivity contribution in [1.82, 2.24) is 4.98 Å². The average Bonchev–Trinajstić information content (AvgIpc) is 2.38. The highest BCUT2D eigenvalue weighted by Gasteiger charge is 2.15. The maximum Gasteiger partial charge on any atom is 0.354 e. The van der Waals surface area contributed by atoms with Crippen molar-refractivity contribution in [2.45, 2.75) is 30.1 Å². The molecule has 2 rings (SSSR count). The van der Waals surface area contributed by atoms with Gasteiger partial charge < -0.3 is 10.2 Å². The van der Waals surface area contributed by atoms with Gasteiger partial charge in [0.2, 0.25) is 0 Å². The topological polar surface area (TPSA) is 70.4 Å². The second-order valence-corrected chi connectivity index (χ2v) is 5.81. The lowest BCUT2D eigenvalue weighted by Crippen LogP contribution is -2.15. The Morgan fingerprint density at radius 3 is 2.63 bits per heavy atom. The maximum atomic E-state index is 11.1. The smallest absolute Gasteiger partial charge is 0.354 e. The van der Waals surface area contributed by atoms with Crippen LogP contribution in [0.15, 0.2) is 35.2 Å². The van der Waals surface area contributed by atoms with Crippen LogP contribution in [0.25, 0.3) is 10.9 Å². The minimum atomic E-state index is -1.04. The predicted molar refractivity (Wildman–Crippen MR) is 75.7 cm³/mol. The quantitative estimate of drug-likeness (QED) is 0.841. The number of aromatic nitrogens is 1. The number of nitrogens with zero attached hydrogens (tertiary/aromatic N) is 1. The van der Waals surface area contributed by atoms with Crippen LogP contribution in [-0.4, -0.2) is 32.5 Å². The fourth-order valence-electron chi connectivity index (χ4n) is 1.65. The number of hydrogen-bond acceptors (Lipinski definition) is 4. The van der Waals surface area contributed by atoms with Gasteiger partial charge in [-0.1, -0.05) is 25.1 Å². The summed E-state index contributed by atoms with van der Waals surface area (Å²) < 4.78 is 0. The second-order valence-electron chi connectivity index (χ2n) is 4.39. The molecule has 2 atom stereocenters. The van der Waals surface area contributed by atoms with Gasteiger partial charge in [0.25, 0.3) is 0 Å². The summed E-state index contributed by atoms with van der Waals surface area (Å²) in [5, 5.41) is 19.6. The van der Waals surface area contributed by atoms with Crippen LogP contribution in [0.4, 0.5) is 0 Å². The Kier molecular flexibility index (Phi) is 4.07. The molecule has 0 aliphatic heterocycles. The van der Waals surface area contributed by atoms with Gasteiger partial charge in [-0.3, -0.25) is 0 Å². The van der Waals surface area contributed by atoms with Gasteiger partial charge in [0.05, 0.1) is 11.6 Å². The van der Waals surface area contributed by atoms with Gasteiger partial charge >= 0.3 is 5.97 Å². The number of aliphatic hydroxyl groups excluding tert-OH is 1. The van der Waals surface area contributed by atoms with Crippen molar-refractivity contribution in [3.05, 3.63) is 36.0 Å². The monoisotopic (exact) mass is 277 g/mol. The molecule has 0 aliphatic rings. The molecule has 19 heavy (non-hydrogen) atoms. The molecular weight excluding hydrogens is 262 g/mol. The Balaban J connectivity index is 2.53. The second kappa shape index (κ2) is 5.59. The summed E-state index contributed by atoms with van der Waals surface area (Å²) in [6.07, 6.45) is -0.467. The molecule has 100 valence electrons. The number of carboxylic acids is 1. The molecule has 0 radical (unpaired) electrons. The van der Waals surface area contributed by atoms with E-state index in [-0.39, 0.29) is 10.9 Å². The lowest BCUT2D eigenvalue weighted by Gasteiger charge is -2.15. The summed E-state index contributed by atoms with van der Waals surface area (Å²) in [7, 11) is 0. The minimum absolute atomic E-state index is 0.0209. The van der Waals surface area contributed by atoms with Gasteiger partial charge in [0.1, 0.15) is 5.69 Å². The molecule has 0 aliphatic carbocycles. The zero-order chi connectivity index (χ0) is 14.0. The number of thioether (sulfide) groups is 1. The summed E-state index contributed by atoms with van der Waals surface area (Å²) in [4.78, 5) is 16.0. The Morgan fingerprint density at radius 1 is 1.32 bits per heavy atom. The Labute approximate surface area is 115 Å². The summed E-state index contributed by atoms with van der Waals surface area (Å²) in [6.45, 7) is 3.63. The van der Waals surface area contributed by atoms with E-state index in [9.17, 15) is 9.90 Å². The van der Waals surface area contributed by atoms with Crippen LogP contribution in [0.3, 0.4) is 0 Å². The number of fused-ring (bicyclic) bond motifs is 1. The van der Waals surface area contributed by atoms with E-state index < -0.39 is 12.1 Å². The third-order valence-electron chi connectivity index (χ3n) is 2.89. The van der Waals surface area contributed by atoms with Gasteiger partial charge in [0.15, 0.2) is 0 Å². The van der Waals surface area contributed by atoms with Crippen molar-refractivity contribution in [1.29, 1.82) is 0 Å². The van der Waals surface area contributed by atoms with Crippen molar-refractivity contribution in [2.24, 2.45) is 0 Å². The third kappa shape index (κ3) is 3.05. The Morgan fingerprint density at radius 2 is 2.00 bits per heavy atom. The van der Waals surface area contributed by atoms with Gasteiger partial charge in [-0.05, 0) is 19.1 Å². The fourth-order valence-corrected chi connectivity index (χ4v) is 2.73. The Hall–Kier alpha value is -1.59. The number of para-hydroxylation sites is 1. The highest BCUT2D eigenvalue weighted by atomic mass is 32.2. The van der Waals surface area contributed by atoms with E-state index in [1.165, 1.54) is 11.8 Å². The molecule has 0 saturated heterocycles. The summed E-state index contributed by atoms with van der Waals surface area (Å²) in [5.74, 6) is -1.04. The van der Waals surface area contributed by atoms with E-state index in [0.29, 0.717) is 5.52 Å². The first-order valence-electron chi connectivity index (χ1n) is 5.97. The van der Waals surface area contributed by atoms with Crippen molar-refractivity contribution >= 4 is 28.6 Å². The first-order valence-corrected chi connectivity index (χ1v) is 6.85. The van der Waals surface area contributed by atoms with E-state index in [2.05, 4.69) is 4.98 Å². The molecule has 2 N–H and O–H groups in total. The Bertz CT molecular complexity index is 613. The lowest BCUT2D eigenvalue weighted by atomic mass is 10.2. The number of benzene rings is 1. The first kappa shape index (κ1) is 13.8. The van der Waals surface area contributed by atoms with Crippen LogP contribution in [0.1, 0.15) is 24.3 Å². The molecule has 0 fully saturated rings. The number of aliphatic hydroxyl groups is 1. The van der Waals surface area contributed by atoms with Crippen molar-refractivity contribution in [3.63, 3.8) is 0 Å². The predicted octanol–water partition coefficient (Wildman–Crippen LogP) is 2.79. The molecule has 2 unspecified atom stereocenters. The zero-order valence-corrected chi connectivity index (χ0v) is 11.5. The van der Waals surface area contributed by atoms with Crippen LogP contribution >= 0.6 is 11.8 Å². The van der Waals surface area contributed by atoms with E-state index in [0.717, 1.165) is 10.3 Å². The maximum absolute atomic E-state index is 11.1. The standard InChI is InChI=1S/C14H15NO3S/c1-8(16)9(2)19-13-7-12(14(17)18)15-11-6-4-3-5-10(11)13/h3-9,16H,1-2H3,(H,17,18). The number of hydrogen-bond donors (Lipinski definition) is 2.